The number of hydrogen-bond donors (Lipinski definition) is 4. The van der Waals surface area contributed by atoms with E-state index in [9.17, 15) is 19.8 Å². The maximum Gasteiger partial charge on any atom is 2.00 e. The largest absolute Gasteiger partial charge is 2.00 e. The number of hydrogen-bond acceptors (Lipinski definition) is 10. The van der Waals surface area contributed by atoms with Gasteiger partial charge >= 0.3 is 48.9 Å². The van der Waals surface area contributed by atoms with Gasteiger partial charge in [0.05, 0.1) is 24.0 Å². The number of carboxylic acid groups (broad SMARTS) is 2. The molecule has 0 fully saturated rings. The van der Waals surface area contributed by atoms with Gasteiger partial charge < -0.3 is 30.2 Å². The number of nitrogens with one attached hydrogen (secondary N) is 2. The van der Waals surface area contributed by atoms with Crippen LogP contribution in [0.25, 0.3) is 0 Å². The first-order valence-electron chi connectivity index (χ1n) is 5.63. The van der Waals surface area contributed by atoms with Crippen molar-refractivity contribution >= 4 is 84.3 Å². The van der Waals surface area contributed by atoms with Crippen molar-refractivity contribution in [3.8, 4) is 0 Å². The second kappa shape index (κ2) is 19.1. The molecule has 0 aromatic rings. The summed E-state index contributed by atoms with van der Waals surface area (Å²) in [5, 5.41) is 36.7. The van der Waals surface area contributed by atoms with Crippen LogP contribution in [-0.4, -0.2) is 107 Å². The van der Waals surface area contributed by atoms with Crippen LogP contribution in [0.1, 0.15) is 12.8 Å². The molecule has 0 radical (unpaired) electrons. The van der Waals surface area contributed by atoms with Crippen LogP contribution in [0.5, 0.6) is 0 Å². The number of thioether (sulfide) groups is 2. The van der Waals surface area contributed by atoms with E-state index in [0.717, 1.165) is 0 Å². The molecule has 4 N–H and O–H groups in total. The summed E-state index contributed by atoms with van der Waals surface area (Å²) >= 11 is 3.04. The number of carboxylic acids is 2. The molecule has 8 nitrogen and oxygen atoms in total. The topological polar surface area (TPSA) is 145 Å². The average molecular weight is 466 g/mol. The van der Waals surface area contributed by atoms with Crippen molar-refractivity contribution in [3.63, 3.8) is 0 Å². The second-order valence-electron chi connectivity index (χ2n) is 3.56. The van der Waals surface area contributed by atoms with Gasteiger partial charge in [-0.25, -0.2) is 0 Å². The van der Waals surface area contributed by atoms with Gasteiger partial charge in [0.15, 0.2) is 0 Å². The predicted molar refractivity (Wildman–Crippen MR) is 79.2 cm³/mol. The van der Waals surface area contributed by atoms with Gasteiger partial charge in [-0.05, 0) is 36.9 Å². The maximum absolute atomic E-state index is 10.1. The summed E-state index contributed by atoms with van der Waals surface area (Å²) in [6, 6.07) is -1.88. The fourth-order valence-electron chi connectivity index (χ4n) is 0.942. The molecule has 120 valence electrons. The van der Waals surface area contributed by atoms with Gasteiger partial charge in [0, 0.05) is 0 Å². The first kappa shape index (κ1) is 26.9. The molecular formula is C10H20BaN2O6S2. The second-order valence-corrected chi connectivity index (χ2v) is 5.54. The van der Waals surface area contributed by atoms with Gasteiger partial charge in [0.25, 0.3) is 0 Å². The predicted octanol–water partition coefficient (Wildman–Crippen LogP) is -2.71. The minimum atomic E-state index is -1.27. The van der Waals surface area contributed by atoms with Crippen LogP contribution in [-0.2, 0) is 9.59 Å². The Kier molecular flexibility index (Phi) is 24.5. The zero-order valence-electron chi connectivity index (χ0n) is 12.0. The minimum Gasteiger partial charge on any atom is -0.548 e. The van der Waals surface area contributed by atoms with Gasteiger partial charge in [-0.2, -0.15) is 34.5 Å². The van der Waals surface area contributed by atoms with Gasteiger partial charge in [-0.3, -0.25) is 0 Å². The Morgan fingerprint density at radius 3 is 1.38 bits per heavy atom. The molecule has 0 aliphatic carbocycles. The molecule has 0 heterocycles. The summed E-state index contributed by atoms with van der Waals surface area (Å²) in [6.07, 6.45) is 4.48. The van der Waals surface area contributed by atoms with Crippen molar-refractivity contribution < 1.29 is 30.2 Å². The SMILES string of the molecule is CSCC[C@H](NO)C(=O)[O-].CSCC[C@H](NO)C(=O)[O-].[Ba+2]. The molecule has 0 bridgehead atoms. The molecule has 2 atom stereocenters. The fourth-order valence-corrected chi connectivity index (χ4v) is 1.88. The van der Waals surface area contributed by atoms with Gasteiger partial charge in [-0.15, -0.1) is 0 Å². The third kappa shape index (κ3) is 17.2. The Hall–Kier alpha value is 1.05. The first-order valence-corrected chi connectivity index (χ1v) is 8.42. The molecule has 0 unspecified atom stereocenters. The van der Waals surface area contributed by atoms with Gasteiger partial charge in [-0.1, -0.05) is 0 Å². The van der Waals surface area contributed by atoms with Crippen molar-refractivity contribution in [1.29, 1.82) is 0 Å². The van der Waals surface area contributed by atoms with Crippen molar-refractivity contribution in [3.05, 3.63) is 0 Å². The molecule has 0 rings (SSSR count). The Morgan fingerprint density at radius 1 is 0.952 bits per heavy atom. The molecule has 0 amide bonds. The third-order valence-electron chi connectivity index (χ3n) is 2.10. The zero-order chi connectivity index (χ0) is 16.0. The Balaban J connectivity index is -0.000000295. The molecule has 0 aromatic heterocycles. The van der Waals surface area contributed by atoms with E-state index in [-0.39, 0.29) is 48.9 Å². The number of carbonyl (C=O) groups is 2. The van der Waals surface area contributed by atoms with E-state index in [4.69, 9.17) is 10.4 Å². The number of hydroxylamine groups is 2. The zero-order valence-corrected chi connectivity index (χ0v) is 18.1. The van der Waals surface area contributed by atoms with Crippen molar-refractivity contribution in [2.24, 2.45) is 0 Å². The van der Waals surface area contributed by atoms with Crippen LogP contribution in [0.2, 0.25) is 0 Å². The minimum absolute atomic E-state index is 0. The summed E-state index contributed by atoms with van der Waals surface area (Å²) in [5.74, 6) is -1.16. The molecule has 0 aromatic carbocycles. The van der Waals surface area contributed by atoms with Crippen LogP contribution < -0.4 is 21.2 Å². The monoisotopic (exact) mass is 466 g/mol. The number of aliphatic carboxylic acids is 2. The van der Waals surface area contributed by atoms with Crippen LogP contribution in [0.3, 0.4) is 0 Å². The summed E-state index contributed by atoms with van der Waals surface area (Å²) < 4.78 is 0. The van der Waals surface area contributed by atoms with E-state index in [1.165, 1.54) is 23.5 Å². The summed E-state index contributed by atoms with van der Waals surface area (Å²) in [6.45, 7) is 0. The van der Waals surface area contributed by atoms with E-state index in [2.05, 4.69) is 0 Å². The van der Waals surface area contributed by atoms with E-state index in [0.29, 0.717) is 24.3 Å². The van der Waals surface area contributed by atoms with Crippen LogP contribution >= 0.6 is 23.5 Å². The Bertz CT molecular complexity index is 250. The molecule has 21 heavy (non-hydrogen) atoms. The fraction of sp³-hybridized carbons (Fsp3) is 0.800. The summed E-state index contributed by atoms with van der Waals surface area (Å²) in [5.41, 5.74) is 3.32. The normalized spacial score (nSPS) is 12.4. The van der Waals surface area contributed by atoms with Gasteiger partial charge in [0.2, 0.25) is 0 Å². The molecule has 0 saturated carbocycles. The Labute approximate surface area is 172 Å². The summed E-state index contributed by atoms with van der Waals surface area (Å²) in [4.78, 5) is 20.2. The van der Waals surface area contributed by atoms with Crippen molar-refractivity contribution in [2.45, 2.75) is 24.9 Å². The average Bonchev–Trinajstić information content (AvgIpc) is 2.40. The third-order valence-corrected chi connectivity index (χ3v) is 3.39. The van der Waals surface area contributed by atoms with Crippen molar-refractivity contribution in [2.75, 3.05) is 24.0 Å². The van der Waals surface area contributed by atoms with Gasteiger partial charge in [0.1, 0.15) is 0 Å². The van der Waals surface area contributed by atoms with E-state index < -0.39 is 24.0 Å². The molecule has 0 saturated heterocycles. The van der Waals surface area contributed by atoms with E-state index in [1.54, 1.807) is 11.0 Å². The van der Waals surface area contributed by atoms with Crippen LogP contribution in [0.4, 0.5) is 0 Å². The quantitative estimate of drug-likeness (QED) is 0.198. The van der Waals surface area contributed by atoms with E-state index in [1.807, 2.05) is 12.5 Å². The smallest absolute Gasteiger partial charge is 0.548 e. The molecule has 0 aliphatic heterocycles. The number of carbonyl (C=O) groups excluding carboxylic acids is 2. The first-order chi connectivity index (χ1) is 9.44. The standard InChI is InChI=1S/2C5H11NO3S.Ba/c2*1-10-3-2-4(6-9)5(7)8;/h2*4,6,9H,2-3H2,1H3,(H,7,8);/q;;+2/p-2/t2*4-;/m00./s1. The van der Waals surface area contributed by atoms with Crippen LogP contribution in [0.15, 0.2) is 0 Å². The molecule has 0 spiro atoms. The van der Waals surface area contributed by atoms with Crippen molar-refractivity contribution in [1.82, 2.24) is 11.0 Å². The van der Waals surface area contributed by atoms with Crippen LogP contribution in [0, 0.1) is 0 Å². The molecule has 11 heteroatoms. The van der Waals surface area contributed by atoms with E-state index >= 15 is 0 Å². The Morgan fingerprint density at radius 2 is 1.24 bits per heavy atom. The maximum atomic E-state index is 10.1. The molecule has 0 aliphatic rings. The number of rotatable bonds is 10. The molecular weight excluding hydrogens is 446 g/mol. The summed E-state index contributed by atoms with van der Waals surface area (Å²) in [7, 11) is 0.